The van der Waals surface area contributed by atoms with Crippen LogP contribution in [0.1, 0.15) is 25.5 Å². The molecule has 1 aromatic rings. The third-order valence-corrected chi connectivity index (χ3v) is 3.47. The first kappa shape index (κ1) is 14.0. The quantitative estimate of drug-likeness (QED) is 0.840. The van der Waals surface area contributed by atoms with Gasteiger partial charge in [0.25, 0.3) is 0 Å². The highest BCUT2D eigenvalue weighted by Gasteiger charge is 2.13. The summed E-state index contributed by atoms with van der Waals surface area (Å²) in [4.78, 5) is 0. The molecule has 0 radical (unpaired) electrons. The van der Waals surface area contributed by atoms with E-state index in [1.165, 1.54) is 6.26 Å². The van der Waals surface area contributed by atoms with Crippen molar-refractivity contribution in [3.8, 4) is 0 Å². The summed E-state index contributed by atoms with van der Waals surface area (Å²) in [7, 11) is -3.00. The van der Waals surface area contributed by atoms with Crippen molar-refractivity contribution in [2.24, 2.45) is 0 Å². The predicted octanol–water partition coefficient (Wildman–Crippen LogP) is 1.58. The fraction of sp³-hybridized carbons (Fsp3) is 0.500. The van der Waals surface area contributed by atoms with E-state index in [1.54, 1.807) is 13.8 Å². The SMILES string of the molecule is CC(CS(C)(=O)=O)Nc1ccccc1C(C)O. The first-order valence-electron chi connectivity index (χ1n) is 5.51. The summed E-state index contributed by atoms with van der Waals surface area (Å²) in [6, 6.07) is 7.15. The van der Waals surface area contributed by atoms with Crippen molar-refractivity contribution in [2.45, 2.75) is 26.0 Å². The third-order valence-electron chi connectivity index (χ3n) is 2.37. The number of hydrogen-bond donors (Lipinski definition) is 2. The largest absolute Gasteiger partial charge is 0.389 e. The van der Waals surface area contributed by atoms with Gasteiger partial charge in [-0.25, -0.2) is 8.42 Å². The number of nitrogens with one attached hydrogen (secondary N) is 1. The first-order valence-corrected chi connectivity index (χ1v) is 7.57. The van der Waals surface area contributed by atoms with E-state index in [0.717, 1.165) is 11.3 Å². The second kappa shape index (κ2) is 5.51. The molecule has 0 aromatic heterocycles. The molecule has 0 saturated heterocycles. The highest BCUT2D eigenvalue weighted by atomic mass is 32.2. The van der Waals surface area contributed by atoms with E-state index in [0.29, 0.717) is 0 Å². The van der Waals surface area contributed by atoms with Gasteiger partial charge in [0.15, 0.2) is 0 Å². The molecule has 0 aliphatic carbocycles. The van der Waals surface area contributed by atoms with Gasteiger partial charge in [0.05, 0.1) is 11.9 Å². The Hall–Kier alpha value is -1.07. The third kappa shape index (κ3) is 4.75. The average molecular weight is 257 g/mol. The molecule has 0 amide bonds. The number of aliphatic hydroxyl groups is 1. The van der Waals surface area contributed by atoms with Gasteiger partial charge in [-0.1, -0.05) is 18.2 Å². The molecule has 96 valence electrons. The molecule has 1 aromatic carbocycles. The van der Waals surface area contributed by atoms with Crippen LogP contribution < -0.4 is 5.32 Å². The summed E-state index contributed by atoms with van der Waals surface area (Å²) < 4.78 is 22.3. The molecule has 5 heteroatoms. The van der Waals surface area contributed by atoms with Crippen LogP contribution in [0.15, 0.2) is 24.3 Å². The van der Waals surface area contributed by atoms with Crippen LogP contribution in [0.25, 0.3) is 0 Å². The number of benzene rings is 1. The van der Waals surface area contributed by atoms with Crippen LogP contribution in [0.2, 0.25) is 0 Å². The average Bonchev–Trinajstić information content (AvgIpc) is 2.14. The Morgan fingerprint density at radius 1 is 1.29 bits per heavy atom. The maximum Gasteiger partial charge on any atom is 0.149 e. The molecule has 0 spiro atoms. The van der Waals surface area contributed by atoms with Crippen molar-refractivity contribution in [1.82, 2.24) is 0 Å². The molecule has 17 heavy (non-hydrogen) atoms. The normalized spacial score (nSPS) is 15.3. The van der Waals surface area contributed by atoms with Gasteiger partial charge in [0, 0.05) is 23.5 Å². The van der Waals surface area contributed by atoms with E-state index in [1.807, 2.05) is 24.3 Å². The Morgan fingerprint density at radius 2 is 1.88 bits per heavy atom. The molecule has 1 rings (SSSR count). The van der Waals surface area contributed by atoms with E-state index >= 15 is 0 Å². The lowest BCUT2D eigenvalue weighted by atomic mass is 10.1. The zero-order valence-corrected chi connectivity index (χ0v) is 11.2. The molecule has 0 heterocycles. The van der Waals surface area contributed by atoms with E-state index in [-0.39, 0.29) is 11.8 Å². The molecular formula is C12H19NO3S. The summed E-state index contributed by atoms with van der Waals surface area (Å²) >= 11 is 0. The predicted molar refractivity (Wildman–Crippen MR) is 69.9 cm³/mol. The van der Waals surface area contributed by atoms with Crippen LogP contribution in [0.4, 0.5) is 5.69 Å². The Bertz CT molecular complexity index is 468. The van der Waals surface area contributed by atoms with E-state index < -0.39 is 15.9 Å². The Balaban J connectivity index is 2.81. The van der Waals surface area contributed by atoms with Crippen molar-refractivity contribution in [2.75, 3.05) is 17.3 Å². The minimum Gasteiger partial charge on any atom is -0.389 e. The second-order valence-corrected chi connectivity index (χ2v) is 6.59. The number of hydrogen-bond acceptors (Lipinski definition) is 4. The fourth-order valence-corrected chi connectivity index (χ4v) is 2.75. The number of para-hydroxylation sites is 1. The van der Waals surface area contributed by atoms with E-state index in [9.17, 15) is 13.5 Å². The summed E-state index contributed by atoms with van der Waals surface area (Å²) in [5, 5.41) is 12.7. The van der Waals surface area contributed by atoms with Gasteiger partial charge in [-0.05, 0) is 19.9 Å². The molecule has 4 nitrogen and oxygen atoms in total. The maximum absolute atomic E-state index is 11.2. The summed E-state index contributed by atoms with van der Waals surface area (Å²) in [6.07, 6.45) is 0.635. The van der Waals surface area contributed by atoms with Gasteiger partial charge >= 0.3 is 0 Å². The molecule has 2 unspecified atom stereocenters. The smallest absolute Gasteiger partial charge is 0.149 e. The zero-order chi connectivity index (χ0) is 13.1. The lowest BCUT2D eigenvalue weighted by Crippen LogP contribution is -2.25. The Labute approximate surface area is 103 Å². The van der Waals surface area contributed by atoms with Gasteiger partial charge < -0.3 is 10.4 Å². The van der Waals surface area contributed by atoms with Crippen molar-refractivity contribution in [3.63, 3.8) is 0 Å². The summed E-state index contributed by atoms with van der Waals surface area (Å²) in [5.74, 6) is 0.0706. The Morgan fingerprint density at radius 3 is 2.41 bits per heavy atom. The molecule has 0 aliphatic heterocycles. The van der Waals surface area contributed by atoms with Crippen LogP contribution >= 0.6 is 0 Å². The monoisotopic (exact) mass is 257 g/mol. The van der Waals surface area contributed by atoms with Crippen LogP contribution in [-0.2, 0) is 9.84 Å². The minimum atomic E-state index is -3.00. The highest BCUT2D eigenvalue weighted by molar-refractivity contribution is 7.90. The molecular weight excluding hydrogens is 238 g/mol. The minimum absolute atomic E-state index is 0.0706. The fourth-order valence-electron chi connectivity index (χ4n) is 1.75. The van der Waals surface area contributed by atoms with Gasteiger partial charge in [-0.15, -0.1) is 0 Å². The van der Waals surface area contributed by atoms with Crippen LogP contribution in [0.3, 0.4) is 0 Å². The van der Waals surface area contributed by atoms with E-state index in [2.05, 4.69) is 5.32 Å². The summed E-state index contributed by atoms with van der Waals surface area (Å²) in [5.41, 5.74) is 1.55. The van der Waals surface area contributed by atoms with Crippen LogP contribution in [0, 0.1) is 0 Å². The van der Waals surface area contributed by atoms with Gasteiger partial charge in [0.1, 0.15) is 9.84 Å². The molecule has 2 N–H and O–H groups in total. The summed E-state index contributed by atoms with van der Waals surface area (Å²) in [6.45, 7) is 3.49. The molecule has 0 bridgehead atoms. The van der Waals surface area contributed by atoms with Crippen molar-refractivity contribution in [3.05, 3.63) is 29.8 Å². The van der Waals surface area contributed by atoms with Gasteiger partial charge in [-0.3, -0.25) is 0 Å². The number of rotatable bonds is 5. The zero-order valence-electron chi connectivity index (χ0n) is 10.3. The molecule has 0 aliphatic rings. The number of anilines is 1. The number of sulfone groups is 1. The highest BCUT2D eigenvalue weighted by Crippen LogP contribution is 2.22. The second-order valence-electron chi connectivity index (χ2n) is 4.40. The van der Waals surface area contributed by atoms with Crippen molar-refractivity contribution in [1.29, 1.82) is 0 Å². The molecule has 0 saturated carbocycles. The van der Waals surface area contributed by atoms with Crippen molar-refractivity contribution < 1.29 is 13.5 Å². The van der Waals surface area contributed by atoms with Gasteiger partial charge in [-0.2, -0.15) is 0 Å². The number of aliphatic hydroxyl groups excluding tert-OH is 1. The Kier molecular flexibility index (Phi) is 4.54. The maximum atomic E-state index is 11.2. The van der Waals surface area contributed by atoms with E-state index in [4.69, 9.17) is 0 Å². The standard InChI is InChI=1S/C12H19NO3S/c1-9(8-17(3,15)16)13-12-7-5-4-6-11(12)10(2)14/h4-7,9-10,13-14H,8H2,1-3H3. The lowest BCUT2D eigenvalue weighted by Gasteiger charge is -2.18. The van der Waals surface area contributed by atoms with Crippen molar-refractivity contribution >= 4 is 15.5 Å². The van der Waals surface area contributed by atoms with Gasteiger partial charge in [0.2, 0.25) is 0 Å². The molecule has 0 fully saturated rings. The topological polar surface area (TPSA) is 66.4 Å². The van der Waals surface area contributed by atoms with Crippen LogP contribution in [-0.4, -0.2) is 31.6 Å². The lowest BCUT2D eigenvalue weighted by molar-refractivity contribution is 0.200. The molecule has 2 atom stereocenters. The first-order chi connectivity index (χ1) is 7.79. The van der Waals surface area contributed by atoms with Crippen LogP contribution in [0.5, 0.6) is 0 Å².